The molecular formula is C18H21N3. The Bertz CT molecular complexity index is 729. The Kier molecular flexibility index (Phi) is 3.76. The molecule has 108 valence electrons. The molecule has 2 heterocycles. The Morgan fingerprint density at radius 1 is 1.14 bits per heavy atom. The van der Waals surface area contributed by atoms with E-state index < -0.39 is 0 Å². The van der Waals surface area contributed by atoms with Gasteiger partial charge in [-0.2, -0.15) is 0 Å². The van der Waals surface area contributed by atoms with Gasteiger partial charge in [0.25, 0.3) is 0 Å². The fraction of sp³-hybridized carbons (Fsp3) is 0.278. The van der Waals surface area contributed by atoms with Crippen LogP contribution in [0.2, 0.25) is 0 Å². The number of likely N-dealkylation sites (N-methyl/N-ethyl adjacent to an activating group) is 1. The molecule has 0 unspecified atom stereocenters. The van der Waals surface area contributed by atoms with Gasteiger partial charge in [-0.05, 0) is 50.2 Å². The van der Waals surface area contributed by atoms with Gasteiger partial charge in [0.05, 0.1) is 0 Å². The fourth-order valence-corrected chi connectivity index (χ4v) is 2.50. The van der Waals surface area contributed by atoms with Gasteiger partial charge in [-0.3, -0.25) is 4.98 Å². The van der Waals surface area contributed by atoms with Crippen LogP contribution >= 0.6 is 0 Å². The summed E-state index contributed by atoms with van der Waals surface area (Å²) in [4.78, 5) is 6.46. The molecule has 3 nitrogen and oxygen atoms in total. The summed E-state index contributed by atoms with van der Waals surface area (Å²) in [7, 11) is 4.24. The highest BCUT2D eigenvalue weighted by atomic mass is 15.1. The van der Waals surface area contributed by atoms with E-state index in [0.717, 1.165) is 12.1 Å². The van der Waals surface area contributed by atoms with Crippen molar-refractivity contribution in [3.63, 3.8) is 0 Å². The number of rotatable bonds is 4. The maximum Gasteiger partial charge on any atom is 0.0487 e. The number of fused-ring (bicyclic) bond motifs is 1. The van der Waals surface area contributed by atoms with Crippen LogP contribution in [0.1, 0.15) is 6.92 Å². The lowest BCUT2D eigenvalue weighted by molar-refractivity contribution is 0.286. The van der Waals surface area contributed by atoms with Crippen LogP contribution in [-0.4, -0.2) is 34.6 Å². The van der Waals surface area contributed by atoms with Gasteiger partial charge in [0.15, 0.2) is 0 Å². The highest BCUT2D eigenvalue weighted by Crippen LogP contribution is 2.25. The molecule has 3 aromatic rings. The first-order valence-electron chi connectivity index (χ1n) is 7.31. The molecule has 0 fully saturated rings. The fourth-order valence-electron chi connectivity index (χ4n) is 2.50. The molecule has 1 aromatic carbocycles. The molecule has 0 aliphatic rings. The molecule has 0 aliphatic carbocycles. The molecule has 3 rings (SSSR count). The lowest BCUT2D eigenvalue weighted by Crippen LogP contribution is -2.28. The van der Waals surface area contributed by atoms with E-state index in [-0.39, 0.29) is 0 Å². The first-order valence-corrected chi connectivity index (χ1v) is 7.31. The van der Waals surface area contributed by atoms with Crippen molar-refractivity contribution in [2.75, 3.05) is 14.1 Å². The summed E-state index contributed by atoms with van der Waals surface area (Å²) in [5, 5.41) is 1.29. The third-order valence-electron chi connectivity index (χ3n) is 4.11. The van der Waals surface area contributed by atoms with Crippen LogP contribution in [0.3, 0.4) is 0 Å². The van der Waals surface area contributed by atoms with Crippen LogP contribution in [0.25, 0.3) is 22.0 Å². The number of hydrogen-bond acceptors (Lipinski definition) is 2. The standard InChI is InChI=1S/C18H21N3/c1-14(20(2)3)13-21-10-8-15-6-7-16(11-18(15)21)17-5-4-9-19-12-17/h4-12,14H,13H2,1-3H3/t14-/m1/s1. The predicted octanol–water partition coefficient (Wildman–Crippen LogP) is 3.65. The van der Waals surface area contributed by atoms with Crippen molar-refractivity contribution in [1.82, 2.24) is 14.5 Å². The first kappa shape index (κ1) is 13.8. The Balaban J connectivity index is 2.00. The summed E-state index contributed by atoms with van der Waals surface area (Å²) < 4.78 is 2.33. The van der Waals surface area contributed by atoms with Crippen molar-refractivity contribution in [2.24, 2.45) is 0 Å². The largest absolute Gasteiger partial charge is 0.346 e. The van der Waals surface area contributed by atoms with E-state index in [9.17, 15) is 0 Å². The van der Waals surface area contributed by atoms with E-state index in [1.165, 1.54) is 16.5 Å². The lowest BCUT2D eigenvalue weighted by Gasteiger charge is -2.21. The Morgan fingerprint density at radius 3 is 2.71 bits per heavy atom. The van der Waals surface area contributed by atoms with Gasteiger partial charge in [-0.25, -0.2) is 0 Å². The molecule has 0 N–H and O–H groups in total. The minimum absolute atomic E-state index is 0.502. The zero-order chi connectivity index (χ0) is 14.8. The second kappa shape index (κ2) is 5.70. The first-order chi connectivity index (χ1) is 10.1. The number of hydrogen-bond donors (Lipinski definition) is 0. The van der Waals surface area contributed by atoms with Crippen LogP contribution in [0, 0.1) is 0 Å². The van der Waals surface area contributed by atoms with E-state index in [1.807, 2.05) is 18.5 Å². The monoisotopic (exact) mass is 279 g/mol. The minimum atomic E-state index is 0.502. The zero-order valence-electron chi connectivity index (χ0n) is 12.8. The smallest absolute Gasteiger partial charge is 0.0487 e. The summed E-state index contributed by atoms with van der Waals surface area (Å²) in [6.07, 6.45) is 5.90. The lowest BCUT2D eigenvalue weighted by atomic mass is 10.1. The van der Waals surface area contributed by atoms with Gasteiger partial charge in [-0.15, -0.1) is 0 Å². The van der Waals surface area contributed by atoms with E-state index >= 15 is 0 Å². The summed E-state index contributed by atoms with van der Waals surface area (Å²) in [6, 6.07) is 13.4. The third-order valence-corrected chi connectivity index (χ3v) is 4.11. The Labute approximate surface area is 125 Å². The SMILES string of the molecule is C[C@H](Cn1ccc2ccc(-c3cccnc3)cc21)N(C)C. The van der Waals surface area contributed by atoms with Crippen molar-refractivity contribution < 1.29 is 0 Å². The van der Waals surface area contributed by atoms with Crippen molar-refractivity contribution >= 4 is 10.9 Å². The second-order valence-corrected chi connectivity index (χ2v) is 5.80. The molecule has 0 saturated carbocycles. The second-order valence-electron chi connectivity index (χ2n) is 5.80. The van der Waals surface area contributed by atoms with Gasteiger partial charge in [0, 0.05) is 42.3 Å². The topological polar surface area (TPSA) is 21.1 Å². The van der Waals surface area contributed by atoms with Gasteiger partial charge in [0.1, 0.15) is 0 Å². The Hall–Kier alpha value is -2.13. The summed E-state index contributed by atoms with van der Waals surface area (Å²) >= 11 is 0. The van der Waals surface area contributed by atoms with E-state index in [0.29, 0.717) is 6.04 Å². The molecular weight excluding hydrogens is 258 g/mol. The zero-order valence-corrected chi connectivity index (χ0v) is 12.8. The van der Waals surface area contributed by atoms with E-state index in [2.05, 4.69) is 72.0 Å². The quantitative estimate of drug-likeness (QED) is 0.727. The third kappa shape index (κ3) is 2.83. The number of nitrogens with zero attached hydrogens (tertiary/aromatic N) is 3. The highest BCUT2D eigenvalue weighted by Gasteiger charge is 2.09. The maximum absolute atomic E-state index is 4.21. The molecule has 2 aromatic heterocycles. The minimum Gasteiger partial charge on any atom is -0.346 e. The van der Waals surface area contributed by atoms with Gasteiger partial charge >= 0.3 is 0 Å². The Morgan fingerprint density at radius 2 is 2.00 bits per heavy atom. The van der Waals surface area contributed by atoms with Crippen LogP contribution < -0.4 is 0 Å². The van der Waals surface area contributed by atoms with Gasteiger partial charge in [0.2, 0.25) is 0 Å². The van der Waals surface area contributed by atoms with Crippen LogP contribution in [0.15, 0.2) is 55.0 Å². The average molecular weight is 279 g/mol. The van der Waals surface area contributed by atoms with Crippen molar-refractivity contribution in [3.05, 3.63) is 55.0 Å². The highest BCUT2D eigenvalue weighted by molar-refractivity contribution is 5.85. The maximum atomic E-state index is 4.21. The summed E-state index contributed by atoms with van der Waals surface area (Å²) in [6.45, 7) is 3.24. The molecule has 21 heavy (non-hydrogen) atoms. The predicted molar refractivity (Wildman–Crippen MR) is 88.3 cm³/mol. The summed E-state index contributed by atoms with van der Waals surface area (Å²) in [5.74, 6) is 0. The average Bonchev–Trinajstić information content (AvgIpc) is 2.90. The van der Waals surface area contributed by atoms with Crippen molar-refractivity contribution in [2.45, 2.75) is 19.5 Å². The molecule has 0 amide bonds. The molecule has 0 spiro atoms. The number of benzene rings is 1. The molecule has 0 aliphatic heterocycles. The van der Waals surface area contributed by atoms with Crippen LogP contribution in [0.5, 0.6) is 0 Å². The van der Waals surface area contributed by atoms with Crippen LogP contribution in [0.4, 0.5) is 0 Å². The van der Waals surface area contributed by atoms with Crippen LogP contribution in [-0.2, 0) is 6.54 Å². The van der Waals surface area contributed by atoms with Gasteiger partial charge < -0.3 is 9.47 Å². The normalized spacial score (nSPS) is 13.0. The summed E-state index contributed by atoms with van der Waals surface area (Å²) in [5.41, 5.74) is 3.66. The molecule has 0 radical (unpaired) electrons. The van der Waals surface area contributed by atoms with Crippen molar-refractivity contribution in [3.8, 4) is 11.1 Å². The number of aromatic nitrogens is 2. The number of pyridine rings is 1. The van der Waals surface area contributed by atoms with Crippen molar-refractivity contribution in [1.29, 1.82) is 0 Å². The molecule has 3 heteroatoms. The molecule has 0 bridgehead atoms. The molecule has 0 saturated heterocycles. The van der Waals surface area contributed by atoms with Gasteiger partial charge in [-0.1, -0.05) is 18.2 Å². The van der Waals surface area contributed by atoms with E-state index in [4.69, 9.17) is 0 Å². The molecule has 1 atom stereocenters. The van der Waals surface area contributed by atoms with E-state index in [1.54, 1.807) is 0 Å².